The molecule has 6 nitrogen and oxygen atoms in total. The van der Waals surface area contributed by atoms with Crippen molar-refractivity contribution in [2.24, 2.45) is 17.8 Å². The van der Waals surface area contributed by atoms with Crippen LogP contribution < -0.4 is 5.32 Å². The highest BCUT2D eigenvalue weighted by atomic mass is 16.4. The Morgan fingerprint density at radius 1 is 1.22 bits per heavy atom. The normalized spacial score (nSPS) is 21.0. The number of aliphatic carboxylic acids is 1. The molecule has 2 N–H and O–H groups in total. The molecule has 1 fully saturated rings. The van der Waals surface area contributed by atoms with Crippen LogP contribution in [-0.4, -0.2) is 46.9 Å². The van der Waals surface area contributed by atoms with Crippen molar-refractivity contribution in [1.29, 1.82) is 0 Å². The number of nitrogens with zero attached hydrogens (tertiary/aromatic N) is 1. The number of carbonyl (C=O) groups is 3. The zero-order chi connectivity index (χ0) is 20.1. The summed E-state index contributed by atoms with van der Waals surface area (Å²) in [6.07, 6.45) is 1.09. The minimum absolute atomic E-state index is 0.121. The highest BCUT2D eigenvalue weighted by molar-refractivity contribution is 5.98. The molecule has 1 saturated heterocycles. The van der Waals surface area contributed by atoms with Crippen molar-refractivity contribution in [2.45, 2.75) is 46.6 Å². The molecular formula is C21H30N2O4. The zero-order valence-corrected chi connectivity index (χ0v) is 16.6. The van der Waals surface area contributed by atoms with E-state index in [2.05, 4.69) is 5.32 Å². The number of carboxylic acids is 1. The molecule has 3 atom stereocenters. The molecule has 3 unspecified atom stereocenters. The topological polar surface area (TPSA) is 86.7 Å². The van der Waals surface area contributed by atoms with E-state index in [1.807, 2.05) is 39.8 Å². The number of nitrogens with one attached hydrogen (secondary N) is 1. The van der Waals surface area contributed by atoms with Crippen molar-refractivity contribution in [3.63, 3.8) is 0 Å². The van der Waals surface area contributed by atoms with Crippen LogP contribution in [0.3, 0.4) is 0 Å². The maximum atomic E-state index is 13.1. The fraction of sp³-hybridized carbons (Fsp3) is 0.571. The molecule has 2 amide bonds. The predicted molar refractivity (Wildman–Crippen MR) is 103 cm³/mol. The molecule has 1 aromatic carbocycles. The molecule has 1 heterocycles. The summed E-state index contributed by atoms with van der Waals surface area (Å²) in [7, 11) is 0. The third kappa shape index (κ3) is 5.55. The third-order valence-corrected chi connectivity index (χ3v) is 5.02. The van der Waals surface area contributed by atoms with Crippen LogP contribution in [0.25, 0.3) is 0 Å². The van der Waals surface area contributed by atoms with Crippen molar-refractivity contribution in [3.05, 3.63) is 35.4 Å². The van der Waals surface area contributed by atoms with Gasteiger partial charge in [0, 0.05) is 18.7 Å². The van der Waals surface area contributed by atoms with Crippen molar-refractivity contribution < 1.29 is 19.5 Å². The molecule has 1 aliphatic rings. The summed E-state index contributed by atoms with van der Waals surface area (Å²) < 4.78 is 0. The van der Waals surface area contributed by atoms with Gasteiger partial charge >= 0.3 is 5.97 Å². The van der Waals surface area contributed by atoms with Gasteiger partial charge in [0.25, 0.3) is 5.91 Å². The van der Waals surface area contributed by atoms with Gasteiger partial charge in [0.1, 0.15) is 6.04 Å². The number of hydrogen-bond acceptors (Lipinski definition) is 3. The number of benzene rings is 1. The number of piperidine rings is 1. The minimum Gasteiger partial charge on any atom is -0.481 e. The van der Waals surface area contributed by atoms with Gasteiger partial charge in [0.05, 0.1) is 5.92 Å². The maximum absolute atomic E-state index is 13.1. The molecule has 0 radical (unpaired) electrons. The lowest BCUT2D eigenvalue weighted by atomic mass is 9.89. The summed E-state index contributed by atoms with van der Waals surface area (Å²) >= 11 is 0. The van der Waals surface area contributed by atoms with Crippen molar-refractivity contribution in [3.8, 4) is 0 Å². The summed E-state index contributed by atoms with van der Waals surface area (Å²) in [6, 6.07) is 6.61. The number of carbonyl (C=O) groups excluding carboxylic acids is 2. The van der Waals surface area contributed by atoms with Gasteiger partial charge in [-0.1, -0.05) is 39.0 Å². The van der Waals surface area contributed by atoms with Crippen LogP contribution in [0.4, 0.5) is 0 Å². The lowest BCUT2D eigenvalue weighted by Gasteiger charge is -2.37. The minimum atomic E-state index is -0.872. The Balaban J connectivity index is 2.17. The van der Waals surface area contributed by atoms with Crippen LogP contribution in [-0.2, 0) is 9.59 Å². The Hall–Kier alpha value is -2.37. The van der Waals surface area contributed by atoms with E-state index in [4.69, 9.17) is 0 Å². The van der Waals surface area contributed by atoms with Crippen LogP contribution >= 0.6 is 0 Å². The van der Waals surface area contributed by atoms with Crippen LogP contribution in [0.5, 0.6) is 0 Å². The molecule has 0 aliphatic carbocycles. The first-order chi connectivity index (χ1) is 12.7. The third-order valence-electron chi connectivity index (χ3n) is 5.02. The van der Waals surface area contributed by atoms with E-state index in [0.717, 1.165) is 5.56 Å². The van der Waals surface area contributed by atoms with E-state index in [-0.39, 0.29) is 30.2 Å². The number of amides is 2. The quantitative estimate of drug-likeness (QED) is 0.801. The smallest absolute Gasteiger partial charge is 0.308 e. The molecule has 0 saturated carbocycles. The largest absolute Gasteiger partial charge is 0.481 e. The summed E-state index contributed by atoms with van der Waals surface area (Å²) in [6.45, 7) is 8.54. The van der Waals surface area contributed by atoms with Gasteiger partial charge in [0.2, 0.25) is 5.91 Å². The van der Waals surface area contributed by atoms with E-state index in [9.17, 15) is 19.5 Å². The van der Waals surface area contributed by atoms with E-state index in [1.54, 1.807) is 17.0 Å². The van der Waals surface area contributed by atoms with Crippen LogP contribution in [0.15, 0.2) is 24.3 Å². The second-order valence-corrected chi connectivity index (χ2v) is 8.09. The predicted octanol–water partition coefficient (Wildman–Crippen LogP) is 2.71. The summed E-state index contributed by atoms with van der Waals surface area (Å²) in [5.74, 6) is -1.55. The van der Waals surface area contributed by atoms with Gasteiger partial charge in [0.15, 0.2) is 0 Å². The second kappa shape index (κ2) is 9.02. The Bertz CT molecular complexity index is 701. The molecular weight excluding hydrogens is 344 g/mol. The Morgan fingerprint density at radius 2 is 1.89 bits per heavy atom. The highest BCUT2D eigenvalue weighted by Crippen LogP contribution is 2.23. The first-order valence-corrected chi connectivity index (χ1v) is 9.57. The molecule has 27 heavy (non-hydrogen) atoms. The van der Waals surface area contributed by atoms with E-state index in [0.29, 0.717) is 24.9 Å². The van der Waals surface area contributed by atoms with Gasteiger partial charge < -0.3 is 15.3 Å². The summed E-state index contributed by atoms with van der Waals surface area (Å²) in [5, 5.41) is 12.2. The molecule has 0 bridgehead atoms. The van der Waals surface area contributed by atoms with E-state index >= 15 is 0 Å². The summed E-state index contributed by atoms with van der Waals surface area (Å²) in [4.78, 5) is 38.8. The Morgan fingerprint density at radius 3 is 2.48 bits per heavy atom. The number of hydrogen-bond donors (Lipinski definition) is 2. The zero-order valence-electron chi connectivity index (χ0n) is 16.6. The lowest BCUT2D eigenvalue weighted by Crippen LogP contribution is -2.54. The van der Waals surface area contributed by atoms with Gasteiger partial charge in [-0.05, 0) is 43.2 Å². The van der Waals surface area contributed by atoms with Crippen molar-refractivity contribution in [2.75, 3.05) is 13.1 Å². The second-order valence-electron chi connectivity index (χ2n) is 8.09. The Kier molecular flexibility index (Phi) is 6.99. The van der Waals surface area contributed by atoms with Crippen LogP contribution in [0.1, 0.15) is 49.5 Å². The van der Waals surface area contributed by atoms with Crippen molar-refractivity contribution in [1.82, 2.24) is 10.2 Å². The SMILES string of the molecule is Cc1ccccc1C(=O)NC(CC(C)C)C(=O)N1CC(C)CC(C(=O)O)C1. The summed E-state index contributed by atoms with van der Waals surface area (Å²) in [5.41, 5.74) is 1.40. The van der Waals surface area contributed by atoms with Gasteiger partial charge in [-0.2, -0.15) is 0 Å². The fourth-order valence-electron chi connectivity index (χ4n) is 3.69. The van der Waals surface area contributed by atoms with Crippen LogP contribution in [0, 0.1) is 24.7 Å². The highest BCUT2D eigenvalue weighted by Gasteiger charge is 2.35. The lowest BCUT2D eigenvalue weighted by molar-refractivity contribution is -0.147. The molecule has 1 aliphatic heterocycles. The number of aryl methyl sites for hydroxylation is 1. The monoisotopic (exact) mass is 374 g/mol. The van der Waals surface area contributed by atoms with E-state index < -0.39 is 17.9 Å². The molecule has 0 spiro atoms. The number of likely N-dealkylation sites (tertiary alicyclic amines) is 1. The first-order valence-electron chi connectivity index (χ1n) is 9.57. The molecule has 148 valence electrons. The number of rotatable bonds is 6. The maximum Gasteiger partial charge on any atom is 0.308 e. The molecule has 0 aromatic heterocycles. The molecule has 1 aromatic rings. The first kappa shape index (κ1) is 20.9. The average molecular weight is 374 g/mol. The molecule has 6 heteroatoms. The van der Waals surface area contributed by atoms with Crippen LogP contribution in [0.2, 0.25) is 0 Å². The van der Waals surface area contributed by atoms with Crippen molar-refractivity contribution >= 4 is 17.8 Å². The molecule has 2 rings (SSSR count). The standard InChI is InChI=1S/C21H30N2O4/c1-13(2)9-18(22-19(24)17-8-6-5-7-15(17)4)20(25)23-11-14(3)10-16(12-23)21(26)27/h5-8,13-14,16,18H,9-12H2,1-4H3,(H,22,24)(H,26,27). The van der Waals surface area contributed by atoms with Gasteiger partial charge in [-0.15, -0.1) is 0 Å². The van der Waals surface area contributed by atoms with E-state index in [1.165, 1.54) is 0 Å². The average Bonchev–Trinajstić information content (AvgIpc) is 2.59. The number of carboxylic acid groups (broad SMARTS) is 1. The fourth-order valence-corrected chi connectivity index (χ4v) is 3.69. The Labute approximate surface area is 160 Å². The van der Waals surface area contributed by atoms with Gasteiger partial charge in [-0.25, -0.2) is 0 Å². The van der Waals surface area contributed by atoms with Gasteiger partial charge in [-0.3, -0.25) is 14.4 Å².